The average molecular weight is 696 g/mol. The largest absolute Gasteiger partial charge is 0.756 e. The summed E-state index contributed by atoms with van der Waals surface area (Å²) in [6.07, 6.45) is 39.2. The van der Waals surface area contributed by atoms with E-state index < -0.39 is 13.9 Å². The topological polar surface area (TPSA) is 94.1 Å². The number of carbonyl (C=O) groups is 1. The number of carbonyl (C=O) groups excluding carboxylic acids is 1. The van der Waals surface area contributed by atoms with Crippen molar-refractivity contribution in [1.82, 2.24) is 0 Å². The van der Waals surface area contributed by atoms with Crippen molar-refractivity contribution in [3.8, 4) is 0 Å². The Morgan fingerprint density at radius 2 is 1.19 bits per heavy atom. The molecule has 0 heterocycles. The van der Waals surface area contributed by atoms with E-state index in [1.165, 1.54) is 38.5 Å². The molecule has 2 atom stereocenters. The molecule has 0 amide bonds. The molecule has 0 aliphatic heterocycles. The highest BCUT2D eigenvalue weighted by atomic mass is 31.2. The highest BCUT2D eigenvalue weighted by molar-refractivity contribution is 7.45. The van der Waals surface area contributed by atoms with Gasteiger partial charge in [-0.05, 0) is 57.8 Å². The van der Waals surface area contributed by atoms with Gasteiger partial charge in [0.05, 0.1) is 34.4 Å². The van der Waals surface area contributed by atoms with Crippen LogP contribution in [-0.2, 0) is 27.9 Å². The summed E-state index contributed by atoms with van der Waals surface area (Å²) in [7, 11) is 1.33. The fraction of sp³-hybridized carbons (Fsp3) is 0.718. The lowest BCUT2D eigenvalue weighted by atomic mass is 10.1. The van der Waals surface area contributed by atoms with E-state index in [9.17, 15) is 14.3 Å². The zero-order chi connectivity index (χ0) is 35.6. The molecule has 0 spiro atoms. The Morgan fingerprint density at radius 1 is 0.667 bits per heavy atom. The van der Waals surface area contributed by atoms with Crippen LogP contribution in [0.25, 0.3) is 0 Å². The number of phosphoric acid groups is 1. The number of likely N-dealkylation sites (N-methyl/N-ethyl adjacent to an activating group) is 1. The highest BCUT2D eigenvalue weighted by Gasteiger charge is 2.20. The summed E-state index contributed by atoms with van der Waals surface area (Å²) >= 11 is 0. The van der Waals surface area contributed by atoms with Gasteiger partial charge in [0.25, 0.3) is 7.82 Å². The van der Waals surface area contributed by atoms with Gasteiger partial charge in [0.2, 0.25) is 0 Å². The second-order valence-electron chi connectivity index (χ2n) is 13.2. The Labute approximate surface area is 294 Å². The molecule has 0 aliphatic carbocycles. The highest BCUT2D eigenvalue weighted by Crippen LogP contribution is 2.38. The predicted octanol–water partition coefficient (Wildman–Crippen LogP) is 9.58. The summed E-state index contributed by atoms with van der Waals surface area (Å²) < 4.78 is 33.9. The molecule has 0 aromatic heterocycles. The lowest BCUT2D eigenvalue weighted by molar-refractivity contribution is -0.870. The van der Waals surface area contributed by atoms with E-state index in [1.807, 2.05) is 28.1 Å². The summed E-state index contributed by atoms with van der Waals surface area (Å²) in [6.45, 7) is 4.99. The number of phosphoric ester groups is 1. The van der Waals surface area contributed by atoms with Crippen molar-refractivity contribution in [2.75, 3.05) is 54.1 Å². The maximum absolute atomic E-state index is 12.2. The molecule has 0 bridgehead atoms. The second kappa shape index (κ2) is 32.4. The van der Waals surface area contributed by atoms with Crippen molar-refractivity contribution < 1.29 is 37.3 Å². The van der Waals surface area contributed by atoms with Crippen LogP contribution in [0.2, 0.25) is 0 Å². The predicted molar refractivity (Wildman–Crippen MR) is 199 cm³/mol. The van der Waals surface area contributed by atoms with Crippen molar-refractivity contribution >= 4 is 13.8 Å². The Balaban J connectivity index is 3.91. The van der Waals surface area contributed by atoms with Gasteiger partial charge in [-0.3, -0.25) is 9.36 Å². The van der Waals surface area contributed by atoms with E-state index >= 15 is 0 Å². The maximum Gasteiger partial charge on any atom is 0.306 e. The summed E-state index contributed by atoms with van der Waals surface area (Å²) in [6, 6.07) is 0. The van der Waals surface area contributed by atoms with Gasteiger partial charge in [0.1, 0.15) is 19.3 Å². The van der Waals surface area contributed by atoms with Gasteiger partial charge in [0, 0.05) is 13.0 Å². The zero-order valence-corrected chi connectivity index (χ0v) is 32.1. The number of unbranched alkanes of at least 4 members (excludes halogenated alkanes) is 9. The van der Waals surface area contributed by atoms with E-state index in [-0.39, 0.29) is 32.2 Å². The number of esters is 1. The molecule has 0 saturated carbocycles. The molecule has 0 saturated heterocycles. The molecular weight excluding hydrogens is 625 g/mol. The molecular formula is C39H70NO7P. The first kappa shape index (κ1) is 46.2. The van der Waals surface area contributed by atoms with Gasteiger partial charge >= 0.3 is 5.97 Å². The van der Waals surface area contributed by atoms with Crippen LogP contribution < -0.4 is 4.89 Å². The molecule has 2 unspecified atom stereocenters. The fourth-order valence-electron chi connectivity index (χ4n) is 4.43. The molecule has 0 aromatic carbocycles. The van der Waals surface area contributed by atoms with E-state index in [2.05, 4.69) is 67.7 Å². The summed E-state index contributed by atoms with van der Waals surface area (Å²) in [5, 5.41) is 0. The van der Waals surface area contributed by atoms with Crippen LogP contribution in [0.5, 0.6) is 0 Å². The van der Waals surface area contributed by atoms with Crippen LogP contribution in [-0.4, -0.2) is 70.7 Å². The summed E-state index contributed by atoms with van der Waals surface area (Å²) in [5.41, 5.74) is 0. The van der Waals surface area contributed by atoms with Gasteiger partial charge in [0.15, 0.2) is 0 Å². The number of quaternary nitrogens is 1. The minimum atomic E-state index is -4.50. The molecule has 8 nitrogen and oxygen atoms in total. The minimum absolute atomic E-state index is 0.0207. The van der Waals surface area contributed by atoms with Crippen molar-refractivity contribution in [3.05, 3.63) is 60.8 Å². The van der Waals surface area contributed by atoms with Gasteiger partial charge in [-0.25, -0.2) is 0 Å². The lowest BCUT2D eigenvalue weighted by Gasteiger charge is -2.28. The Hall–Kier alpha value is -1.80. The van der Waals surface area contributed by atoms with Crippen molar-refractivity contribution in [2.24, 2.45) is 0 Å². The number of rotatable bonds is 33. The van der Waals surface area contributed by atoms with Crippen molar-refractivity contribution in [2.45, 2.75) is 129 Å². The van der Waals surface area contributed by atoms with Crippen LogP contribution in [0, 0.1) is 0 Å². The summed E-state index contributed by atoms with van der Waals surface area (Å²) in [5.74, 6) is -0.376. The molecule has 48 heavy (non-hydrogen) atoms. The summed E-state index contributed by atoms with van der Waals surface area (Å²) in [4.78, 5) is 24.3. The molecule has 0 N–H and O–H groups in total. The van der Waals surface area contributed by atoms with Crippen LogP contribution in [0.3, 0.4) is 0 Å². The third-order valence-corrected chi connectivity index (χ3v) is 8.30. The lowest BCUT2D eigenvalue weighted by Crippen LogP contribution is -2.37. The number of hydrogen-bond donors (Lipinski definition) is 0. The van der Waals surface area contributed by atoms with Gasteiger partial charge in [-0.2, -0.15) is 0 Å². The molecule has 0 radical (unpaired) electrons. The first-order valence-corrected chi connectivity index (χ1v) is 20.0. The van der Waals surface area contributed by atoms with E-state index in [4.69, 9.17) is 18.5 Å². The number of nitrogens with zero attached hydrogens (tertiary/aromatic N) is 1. The molecule has 0 rings (SSSR count). The third kappa shape index (κ3) is 35.5. The molecule has 0 aliphatic rings. The fourth-order valence-corrected chi connectivity index (χ4v) is 5.16. The Kier molecular flexibility index (Phi) is 31.2. The van der Waals surface area contributed by atoms with Gasteiger partial charge in [-0.1, -0.05) is 120 Å². The average Bonchev–Trinajstić information content (AvgIpc) is 3.03. The number of ether oxygens (including phenoxy) is 2. The molecule has 278 valence electrons. The maximum atomic E-state index is 12.2. The SMILES string of the molecule is CC/C=C\C/C=C\C/C=C\C/C=C\C/C=C\CCCCCCCCCCOCC(COP(=O)([O-])OCC[N+](C)(C)C)OC(=O)CCCC. The Morgan fingerprint density at radius 3 is 1.73 bits per heavy atom. The molecule has 9 heteroatoms. The third-order valence-electron chi connectivity index (χ3n) is 7.33. The standard InChI is InChI=1S/C39H70NO7P/c1-6-8-10-11-12-13-14-15-16-17-18-19-20-21-22-23-24-25-26-27-28-29-30-31-34-44-36-38(47-39(41)32-9-7-2)37-46-48(42,43)45-35-33-40(3,4)5/h8,10,12-13,15-16,18-19,21-22,38H,6-7,9,11,14,17,20,23-37H2,1-5H3/b10-8-,13-12-,16-15-,19-18-,22-21-. The van der Waals surface area contributed by atoms with Crippen LogP contribution in [0.1, 0.15) is 123 Å². The Bertz CT molecular complexity index is 952. The second-order valence-corrected chi connectivity index (χ2v) is 14.6. The number of hydrogen-bond acceptors (Lipinski definition) is 7. The van der Waals surface area contributed by atoms with Gasteiger partial charge < -0.3 is 27.9 Å². The van der Waals surface area contributed by atoms with Gasteiger partial charge in [-0.15, -0.1) is 0 Å². The molecule has 0 fully saturated rings. The minimum Gasteiger partial charge on any atom is -0.756 e. The number of allylic oxidation sites excluding steroid dienone is 10. The monoisotopic (exact) mass is 695 g/mol. The quantitative estimate of drug-likeness (QED) is 0.0222. The van der Waals surface area contributed by atoms with E-state index in [1.54, 1.807) is 0 Å². The van der Waals surface area contributed by atoms with Crippen molar-refractivity contribution in [3.63, 3.8) is 0 Å². The van der Waals surface area contributed by atoms with Crippen molar-refractivity contribution in [1.29, 1.82) is 0 Å². The van der Waals surface area contributed by atoms with Crippen LogP contribution in [0.15, 0.2) is 60.8 Å². The van der Waals surface area contributed by atoms with Crippen LogP contribution in [0.4, 0.5) is 0 Å². The van der Waals surface area contributed by atoms with E-state index in [0.29, 0.717) is 24.1 Å². The zero-order valence-electron chi connectivity index (χ0n) is 31.2. The molecule has 0 aromatic rings. The first-order chi connectivity index (χ1) is 23.1. The normalized spacial score (nSPS) is 14.7. The van der Waals surface area contributed by atoms with E-state index in [0.717, 1.165) is 57.8 Å². The van der Waals surface area contributed by atoms with Crippen LogP contribution >= 0.6 is 7.82 Å². The smallest absolute Gasteiger partial charge is 0.306 e. The first-order valence-electron chi connectivity index (χ1n) is 18.5.